The maximum Gasteiger partial charge on any atom is 0.265 e. The molecule has 0 radical (unpaired) electrons. The van der Waals surface area contributed by atoms with Gasteiger partial charge in [0.2, 0.25) is 0 Å². The molecule has 4 rings (SSSR count). The number of hydrogen-bond donors (Lipinski definition) is 1. The lowest BCUT2D eigenvalue weighted by Gasteiger charge is -2.29. The number of aryl methyl sites for hydroxylation is 1. The van der Waals surface area contributed by atoms with E-state index < -0.39 is 0 Å². The number of benzene rings is 3. The predicted octanol–water partition coefficient (Wildman–Crippen LogP) is 3.83. The van der Waals surface area contributed by atoms with Gasteiger partial charge in [0.1, 0.15) is 18.1 Å². The molecule has 8 nitrogen and oxygen atoms in total. The summed E-state index contributed by atoms with van der Waals surface area (Å²) in [4.78, 5) is 26.6. The maximum atomic E-state index is 12.5. The smallest absolute Gasteiger partial charge is 0.265 e. The van der Waals surface area contributed by atoms with E-state index in [1.54, 1.807) is 41.3 Å². The van der Waals surface area contributed by atoms with Crippen LogP contribution in [0.25, 0.3) is 0 Å². The zero-order valence-corrected chi connectivity index (χ0v) is 19.1. The molecule has 3 aromatic carbocycles. The van der Waals surface area contributed by atoms with Gasteiger partial charge in [0.25, 0.3) is 11.8 Å². The summed E-state index contributed by atoms with van der Waals surface area (Å²) in [6.07, 6.45) is 0. The van der Waals surface area contributed by atoms with Gasteiger partial charge < -0.3 is 29.2 Å². The number of nitrogens with one attached hydrogen (secondary N) is 1. The van der Waals surface area contributed by atoms with E-state index >= 15 is 0 Å². The average Bonchev–Trinajstić information content (AvgIpc) is 2.85. The second-order valence-electron chi connectivity index (χ2n) is 7.67. The van der Waals surface area contributed by atoms with Crippen LogP contribution < -0.4 is 29.2 Å². The molecule has 0 bridgehead atoms. The average molecular weight is 463 g/mol. The summed E-state index contributed by atoms with van der Waals surface area (Å²) in [6.45, 7) is 2.43. The van der Waals surface area contributed by atoms with Gasteiger partial charge in [-0.2, -0.15) is 0 Å². The minimum Gasteiger partial charge on any atom is -0.493 e. The van der Waals surface area contributed by atoms with Crippen molar-refractivity contribution in [2.45, 2.75) is 6.92 Å². The molecule has 1 N–H and O–H groups in total. The van der Waals surface area contributed by atoms with Crippen molar-refractivity contribution in [2.24, 2.45) is 0 Å². The van der Waals surface area contributed by atoms with Gasteiger partial charge in [0.15, 0.2) is 24.7 Å². The number of fused-ring (bicyclic) bond motifs is 1. The molecule has 2 amide bonds. The Labute approximate surface area is 198 Å². The lowest BCUT2D eigenvalue weighted by Crippen LogP contribution is -2.41. The van der Waals surface area contributed by atoms with Gasteiger partial charge in [-0.1, -0.05) is 29.8 Å². The van der Waals surface area contributed by atoms with Crippen molar-refractivity contribution in [1.82, 2.24) is 0 Å². The van der Waals surface area contributed by atoms with Gasteiger partial charge in [-0.25, -0.2) is 0 Å². The molecule has 0 unspecified atom stereocenters. The maximum absolute atomic E-state index is 12.5. The van der Waals surface area contributed by atoms with Crippen LogP contribution in [-0.4, -0.2) is 45.3 Å². The molecule has 8 heteroatoms. The Bertz CT molecular complexity index is 1160. The second-order valence-corrected chi connectivity index (χ2v) is 7.67. The molecule has 3 aromatic rings. The third kappa shape index (κ3) is 5.58. The highest BCUT2D eigenvalue weighted by atomic mass is 16.5. The normalized spacial score (nSPS) is 12.4. The fourth-order valence-electron chi connectivity index (χ4n) is 3.49. The Kier molecular flexibility index (Phi) is 7.17. The van der Waals surface area contributed by atoms with E-state index in [1.165, 1.54) is 7.11 Å². The van der Waals surface area contributed by atoms with Crippen LogP contribution in [0.5, 0.6) is 23.0 Å². The van der Waals surface area contributed by atoms with Crippen molar-refractivity contribution in [3.8, 4) is 23.0 Å². The molecule has 34 heavy (non-hydrogen) atoms. The van der Waals surface area contributed by atoms with Crippen LogP contribution in [0, 0.1) is 6.92 Å². The fraction of sp³-hybridized carbons (Fsp3) is 0.231. The molecule has 0 spiro atoms. The largest absolute Gasteiger partial charge is 0.493 e. The van der Waals surface area contributed by atoms with Gasteiger partial charge >= 0.3 is 0 Å². The van der Waals surface area contributed by atoms with Gasteiger partial charge in [0.05, 0.1) is 19.3 Å². The summed E-state index contributed by atoms with van der Waals surface area (Å²) in [5, 5.41) is 2.79. The Morgan fingerprint density at radius 3 is 2.56 bits per heavy atom. The SMILES string of the molecule is COc1ccccc1OCC(=O)Nc1ccc2c(c1)N(CCOc1ccc(C)cc1)C(=O)CO2. The summed E-state index contributed by atoms with van der Waals surface area (Å²) >= 11 is 0. The van der Waals surface area contributed by atoms with Crippen molar-refractivity contribution >= 4 is 23.2 Å². The van der Waals surface area contributed by atoms with Crippen LogP contribution in [0.2, 0.25) is 0 Å². The van der Waals surface area contributed by atoms with Crippen molar-refractivity contribution < 1.29 is 28.5 Å². The summed E-state index contributed by atoms with van der Waals surface area (Å²) in [5.74, 6) is 1.81. The summed E-state index contributed by atoms with van der Waals surface area (Å²) in [7, 11) is 1.54. The first-order chi connectivity index (χ1) is 16.5. The fourth-order valence-corrected chi connectivity index (χ4v) is 3.49. The zero-order valence-electron chi connectivity index (χ0n) is 19.1. The molecular formula is C26H26N2O6. The van der Waals surface area contributed by atoms with E-state index in [2.05, 4.69) is 5.32 Å². The molecule has 0 fully saturated rings. The van der Waals surface area contributed by atoms with Crippen molar-refractivity contribution in [1.29, 1.82) is 0 Å². The number of hydrogen-bond acceptors (Lipinski definition) is 6. The van der Waals surface area contributed by atoms with Crippen LogP contribution in [0.15, 0.2) is 66.7 Å². The van der Waals surface area contributed by atoms with E-state index in [1.807, 2.05) is 37.3 Å². The molecule has 0 atom stereocenters. The van der Waals surface area contributed by atoms with E-state index in [0.717, 1.165) is 11.3 Å². The Morgan fingerprint density at radius 2 is 1.79 bits per heavy atom. The highest BCUT2D eigenvalue weighted by Crippen LogP contribution is 2.34. The monoisotopic (exact) mass is 462 g/mol. The molecular weight excluding hydrogens is 436 g/mol. The molecule has 0 aromatic heterocycles. The summed E-state index contributed by atoms with van der Waals surface area (Å²) < 4.78 is 22.1. The van der Waals surface area contributed by atoms with Crippen LogP contribution in [0.4, 0.5) is 11.4 Å². The first-order valence-corrected chi connectivity index (χ1v) is 10.9. The highest BCUT2D eigenvalue weighted by molar-refractivity contribution is 5.99. The Balaban J connectivity index is 1.38. The van der Waals surface area contributed by atoms with Crippen LogP contribution in [0.3, 0.4) is 0 Å². The number of para-hydroxylation sites is 2. The number of carbonyl (C=O) groups is 2. The number of anilines is 2. The van der Waals surface area contributed by atoms with Crippen molar-refractivity contribution in [2.75, 3.05) is 43.7 Å². The lowest BCUT2D eigenvalue weighted by atomic mass is 10.2. The predicted molar refractivity (Wildman–Crippen MR) is 128 cm³/mol. The zero-order chi connectivity index (χ0) is 23.9. The molecule has 0 saturated heterocycles. The van der Waals surface area contributed by atoms with Crippen LogP contribution >= 0.6 is 0 Å². The highest BCUT2D eigenvalue weighted by Gasteiger charge is 2.26. The van der Waals surface area contributed by atoms with Crippen molar-refractivity contribution in [3.05, 3.63) is 72.3 Å². The minimum atomic E-state index is -0.344. The third-order valence-corrected chi connectivity index (χ3v) is 5.22. The number of methoxy groups -OCH3 is 1. The van der Waals surface area contributed by atoms with Gasteiger partial charge in [0, 0.05) is 5.69 Å². The quantitative estimate of drug-likeness (QED) is 0.520. The number of carbonyl (C=O) groups excluding carboxylic acids is 2. The van der Waals surface area contributed by atoms with Gasteiger partial charge in [-0.3, -0.25) is 9.59 Å². The van der Waals surface area contributed by atoms with E-state index in [9.17, 15) is 9.59 Å². The van der Waals surface area contributed by atoms with Gasteiger partial charge in [-0.05, 0) is 49.4 Å². The van der Waals surface area contributed by atoms with E-state index in [4.69, 9.17) is 18.9 Å². The number of nitrogens with zero attached hydrogens (tertiary/aromatic N) is 1. The molecule has 1 aliphatic heterocycles. The Hall–Kier alpha value is -4.20. The molecule has 1 aliphatic rings. The number of ether oxygens (including phenoxy) is 4. The molecule has 176 valence electrons. The van der Waals surface area contributed by atoms with E-state index in [0.29, 0.717) is 41.8 Å². The Morgan fingerprint density at radius 1 is 1.03 bits per heavy atom. The summed E-state index contributed by atoms with van der Waals surface area (Å²) in [6, 6.07) is 20.0. The molecule has 0 aliphatic carbocycles. The number of rotatable bonds is 9. The minimum absolute atomic E-state index is 0.0456. The molecule has 0 saturated carbocycles. The molecule has 1 heterocycles. The van der Waals surface area contributed by atoms with Crippen molar-refractivity contribution in [3.63, 3.8) is 0 Å². The lowest BCUT2D eigenvalue weighted by molar-refractivity contribution is -0.121. The van der Waals surface area contributed by atoms with Crippen LogP contribution in [0.1, 0.15) is 5.56 Å². The standard InChI is InChI=1S/C26H26N2O6/c1-18-7-10-20(11-8-18)32-14-13-28-21-15-19(9-12-22(21)34-17-26(28)30)27-25(29)16-33-24-6-4-3-5-23(24)31-2/h3-12,15H,13-14,16-17H2,1-2H3,(H,27,29). The summed E-state index contributed by atoms with van der Waals surface area (Å²) in [5.41, 5.74) is 2.25. The second kappa shape index (κ2) is 10.6. The first-order valence-electron chi connectivity index (χ1n) is 10.9. The van der Waals surface area contributed by atoms with Gasteiger partial charge in [-0.15, -0.1) is 0 Å². The topological polar surface area (TPSA) is 86.3 Å². The van der Waals surface area contributed by atoms with E-state index in [-0.39, 0.29) is 25.0 Å². The van der Waals surface area contributed by atoms with Crippen LogP contribution in [-0.2, 0) is 9.59 Å². The third-order valence-electron chi connectivity index (χ3n) is 5.22. The number of amides is 2. The first kappa shape index (κ1) is 23.0.